The zero-order valence-electron chi connectivity index (χ0n) is 12.2. The second-order valence-electron chi connectivity index (χ2n) is 5.08. The molecule has 0 bridgehead atoms. The van der Waals surface area contributed by atoms with Gasteiger partial charge in [0.1, 0.15) is 0 Å². The molecule has 0 radical (unpaired) electrons. The first kappa shape index (κ1) is 15.5. The van der Waals surface area contributed by atoms with Gasteiger partial charge in [0.05, 0.1) is 15.5 Å². The smallest absolute Gasteiger partial charge is 0.175 e. The molecule has 3 aromatic rings. The summed E-state index contributed by atoms with van der Waals surface area (Å²) in [5.41, 5.74) is 2.78. The molecule has 5 heteroatoms. The second kappa shape index (κ2) is 6.41. The Morgan fingerprint density at radius 1 is 1.23 bits per heavy atom. The van der Waals surface area contributed by atoms with Gasteiger partial charge in [0.2, 0.25) is 0 Å². The molecule has 0 amide bonds. The number of Topliss-reactive ketones (excluding diaryl/α,β-unsaturated/α-hetero) is 1. The molecule has 112 valence electrons. The van der Waals surface area contributed by atoms with Gasteiger partial charge >= 0.3 is 0 Å². The highest BCUT2D eigenvalue weighted by molar-refractivity contribution is 8.02. The summed E-state index contributed by atoms with van der Waals surface area (Å²) in [6, 6.07) is 13.4. The molecule has 1 atom stereocenters. The summed E-state index contributed by atoms with van der Waals surface area (Å²) in [5, 5.41) is 0.511. The summed E-state index contributed by atoms with van der Waals surface area (Å²) in [4.78, 5) is 17.0. The number of nitrogens with zero attached hydrogens (tertiary/aromatic N) is 1. The summed E-state index contributed by atoms with van der Waals surface area (Å²) >= 11 is 9.07. The number of hydrogen-bond donors (Lipinski definition) is 0. The third kappa shape index (κ3) is 3.35. The molecule has 2 nitrogen and oxygen atoms in total. The van der Waals surface area contributed by atoms with Crippen LogP contribution >= 0.6 is 34.7 Å². The number of fused-ring (bicyclic) bond motifs is 1. The molecule has 22 heavy (non-hydrogen) atoms. The summed E-state index contributed by atoms with van der Waals surface area (Å²) in [6.07, 6.45) is 0. The summed E-state index contributed by atoms with van der Waals surface area (Å²) in [5.74, 6) is 0.127. The topological polar surface area (TPSA) is 30.0 Å². The van der Waals surface area contributed by atoms with Crippen LogP contribution < -0.4 is 0 Å². The van der Waals surface area contributed by atoms with Crippen molar-refractivity contribution in [2.75, 3.05) is 0 Å². The molecule has 1 aromatic heterocycles. The lowest BCUT2D eigenvalue weighted by Gasteiger charge is -2.08. The van der Waals surface area contributed by atoms with Crippen molar-refractivity contribution in [3.63, 3.8) is 0 Å². The highest BCUT2D eigenvalue weighted by atomic mass is 35.5. The third-order valence-electron chi connectivity index (χ3n) is 3.31. The molecule has 0 saturated carbocycles. The lowest BCUT2D eigenvalue weighted by molar-refractivity contribution is 0.0994. The number of rotatable bonds is 4. The minimum absolute atomic E-state index is 0.127. The molecule has 0 N–H and O–H groups in total. The number of carbonyl (C=O) groups is 1. The van der Waals surface area contributed by atoms with Crippen LogP contribution in [0.15, 0.2) is 46.8 Å². The third-order valence-corrected chi connectivity index (χ3v) is 5.78. The van der Waals surface area contributed by atoms with Crippen molar-refractivity contribution in [2.45, 2.75) is 23.4 Å². The monoisotopic (exact) mass is 347 g/mol. The van der Waals surface area contributed by atoms with Gasteiger partial charge in [0.15, 0.2) is 10.1 Å². The Labute approximate surface area is 142 Å². The van der Waals surface area contributed by atoms with Crippen LogP contribution in [0.5, 0.6) is 0 Å². The number of aromatic nitrogens is 1. The fraction of sp³-hybridized carbons (Fsp3) is 0.176. The molecule has 0 aliphatic carbocycles. The van der Waals surface area contributed by atoms with E-state index in [1.165, 1.54) is 11.8 Å². The normalized spacial score (nSPS) is 12.5. The predicted octanol–water partition coefficient (Wildman–Crippen LogP) is 5.62. The Morgan fingerprint density at radius 2 is 1.95 bits per heavy atom. The van der Waals surface area contributed by atoms with Gasteiger partial charge in [-0.1, -0.05) is 53.2 Å². The summed E-state index contributed by atoms with van der Waals surface area (Å²) in [6.45, 7) is 3.94. The van der Waals surface area contributed by atoms with Crippen LogP contribution in [0.3, 0.4) is 0 Å². The molecule has 0 aliphatic rings. The molecule has 1 heterocycles. The van der Waals surface area contributed by atoms with Gasteiger partial charge in [-0.25, -0.2) is 4.98 Å². The van der Waals surface area contributed by atoms with Crippen LogP contribution in [-0.2, 0) is 0 Å². The van der Waals surface area contributed by atoms with Crippen molar-refractivity contribution >= 4 is 50.7 Å². The van der Waals surface area contributed by atoms with Crippen LogP contribution in [0.4, 0.5) is 0 Å². The number of benzene rings is 2. The number of thiazole rings is 1. The lowest BCUT2D eigenvalue weighted by atomic mass is 10.1. The average Bonchev–Trinajstić information content (AvgIpc) is 2.88. The van der Waals surface area contributed by atoms with Gasteiger partial charge in [-0.2, -0.15) is 0 Å². The number of halogens is 1. The fourth-order valence-corrected chi connectivity index (χ4v) is 4.52. The number of hydrogen-bond acceptors (Lipinski definition) is 4. The van der Waals surface area contributed by atoms with Crippen LogP contribution in [-0.4, -0.2) is 16.0 Å². The van der Waals surface area contributed by atoms with E-state index in [0.29, 0.717) is 5.02 Å². The quantitative estimate of drug-likeness (QED) is 0.453. The van der Waals surface area contributed by atoms with E-state index in [-0.39, 0.29) is 11.0 Å². The van der Waals surface area contributed by atoms with E-state index in [9.17, 15) is 4.79 Å². The zero-order chi connectivity index (χ0) is 15.7. The maximum absolute atomic E-state index is 12.5. The minimum atomic E-state index is -0.168. The molecule has 0 spiro atoms. The first-order valence-electron chi connectivity index (χ1n) is 6.86. The second-order valence-corrected chi connectivity index (χ2v) is 8.14. The van der Waals surface area contributed by atoms with Crippen LogP contribution in [0, 0.1) is 6.92 Å². The highest BCUT2D eigenvalue weighted by Crippen LogP contribution is 2.34. The van der Waals surface area contributed by atoms with E-state index in [1.807, 2.05) is 56.3 Å². The van der Waals surface area contributed by atoms with Gasteiger partial charge in [0.25, 0.3) is 0 Å². The Bertz CT molecular complexity index is 826. The van der Waals surface area contributed by atoms with E-state index in [4.69, 9.17) is 11.6 Å². The largest absolute Gasteiger partial charge is 0.293 e. The van der Waals surface area contributed by atoms with Crippen LogP contribution in [0.25, 0.3) is 10.2 Å². The Kier molecular flexibility index (Phi) is 4.52. The molecule has 0 saturated heterocycles. The predicted molar refractivity (Wildman–Crippen MR) is 95.5 cm³/mol. The highest BCUT2D eigenvalue weighted by Gasteiger charge is 2.18. The van der Waals surface area contributed by atoms with Crippen LogP contribution in [0.1, 0.15) is 22.8 Å². The summed E-state index contributed by atoms with van der Waals surface area (Å²) < 4.78 is 1.98. The van der Waals surface area contributed by atoms with Crippen molar-refractivity contribution in [3.05, 3.63) is 58.6 Å². The Balaban J connectivity index is 1.78. The van der Waals surface area contributed by atoms with E-state index < -0.39 is 0 Å². The van der Waals surface area contributed by atoms with Gasteiger partial charge in [0, 0.05) is 10.6 Å². The van der Waals surface area contributed by atoms with Crippen molar-refractivity contribution in [3.8, 4) is 0 Å². The zero-order valence-corrected chi connectivity index (χ0v) is 14.6. The van der Waals surface area contributed by atoms with Crippen molar-refractivity contribution < 1.29 is 4.79 Å². The minimum Gasteiger partial charge on any atom is -0.293 e. The number of aryl methyl sites for hydroxylation is 1. The first-order valence-corrected chi connectivity index (χ1v) is 8.94. The number of ketones is 1. The van der Waals surface area contributed by atoms with Gasteiger partial charge in [-0.05, 0) is 32.0 Å². The SMILES string of the molecule is Cc1ccc(C(=O)[C@H](C)Sc2nc3cc(Cl)ccc3s2)cc1. The standard InChI is InChI=1S/C17H14ClNOS2/c1-10-3-5-12(6-4-10)16(20)11(2)21-17-19-14-9-13(18)7-8-15(14)22-17/h3-9,11H,1-2H3/t11-/m0/s1. The molecular weight excluding hydrogens is 334 g/mol. The molecule has 3 rings (SSSR count). The van der Waals surface area contributed by atoms with Crippen molar-refractivity contribution in [1.82, 2.24) is 4.98 Å². The maximum atomic E-state index is 12.5. The van der Waals surface area contributed by atoms with E-state index in [2.05, 4.69) is 4.98 Å². The van der Waals surface area contributed by atoms with Gasteiger partial charge in [-0.15, -0.1) is 11.3 Å². The fourth-order valence-electron chi connectivity index (χ4n) is 2.09. The van der Waals surface area contributed by atoms with Crippen molar-refractivity contribution in [2.24, 2.45) is 0 Å². The van der Waals surface area contributed by atoms with E-state index in [1.54, 1.807) is 11.3 Å². The maximum Gasteiger partial charge on any atom is 0.175 e. The average molecular weight is 348 g/mol. The molecule has 0 fully saturated rings. The first-order chi connectivity index (χ1) is 10.5. The number of thioether (sulfide) groups is 1. The molecular formula is C17H14ClNOS2. The van der Waals surface area contributed by atoms with Crippen molar-refractivity contribution in [1.29, 1.82) is 0 Å². The lowest BCUT2D eigenvalue weighted by Crippen LogP contribution is -2.13. The Hall–Kier alpha value is -1.36. The number of carbonyl (C=O) groups excluding carboxylic acids is 1. The van der Waals surface area contributed by atoms with Gasteiger partial charge in [-0.3, -0.25) is 4.79 Å². The van der Waals surface area contributed by atoms with E-state index in [0.717, 1.165) is 25.7 Å². The molecule has 2 aromatic carbocycles. The van der Waals surface area contributed by atoms with E-state index >= 15 is 0 Å². The van der Waals surface area contributed by atoms with Crippen LogP contribution in [0.2, 0.25) is 5.02 Å². The molecule has 0 unspecified atom stereocenters. The Morgan fingerprint density at radius 3 is 2.68 bits per heavy atom. The summed E-state index contributed by atoms with van der Waals surface area (Å²) in [7, 11) is 0. The molecule has 0 aliphatic heterocycles. The van der Waals surface area contributed by atoms with Gasteiger partial charge < -0.3 is 0 Å².